The highest BCUT2D eigenvalue weighted by molar-refractivity contribution is 6.03. The van der Waals surface area contributed by atoms with Crippen LogP contribution in [0.3, 0.4) is 0 Å². The zero-order valence-electron chi connectivity index (χ0n) is 20.0. The number of carbonyl (C=O) groups is 1. The van der Waals surface area contributed by atoms with Crippen LogP contribution in [-0.4, -0.2) is 57.1 Å². The predicted molar refractivity (Wildman–Crippen MR) is 128 cm³/mol. The van der Waals surface area contributed by atoms with Crippen molar-refractivity contribution in [3.8, 4) is 0 Å². The maximum Gasteiger partial charge on any atom is 0.259 e. The van der Waals surface area contributed by atoms with E-state index in [0.717, 1.165) is 31.6 Å². The Labute approximate surface area is 200 Å². The van der Waals surface area contributed by atoms with Gasteiger partial charge in [-0.1, -0.05) is 30.3 Å². The number of ether oxygens (including phenoxy) is 1. The van der Waals surface area contributed by atoms with Gasteiger partial charge in [-0.15, -0.1) is 0 Å². The molecule has 1 aliphatic carbocycles. The lowest BCUT2D eigenvalue weighted by molar-refractivity contribution is -0.207. The summed E-state index contributed by atoms with van der Waals surface area (Å²) in [5.41, 5.74) is 5.39. The smallest absolute Gasteiger partial charge is 0.259 e. The van der Waals surface area contributed by atoms with Crippen molar-refractivity contribution in [2.24, 2.45) is 5.41 Å². The van der Waals surface area contributed by atoms with E-state index in [2.05, 4.69) is 22.3 Å². The molecule has 3 N–H and O–H groups in total. The first kappa shape index (κ1) is 22.0. The summed E-state index contributed by atoms with van der Waals surface area (Å²) in [6, 6.07) is 12.1. The molecule has 1 saturated carbocycles. The fraction of sp³-hybridized carbons (Fsp3) is 0.519. The molecule has 1 amide bonds. The first-order valence-corrected chi connectivity index (χ1v) is 12.3. The Hall–Kier alpha value is -2.45. The molecule has 3 aliphatic heterocycles. The lowest BCUT2D eigenvalue weighted by atomic mass is 9.63. The van der Waals surface area contributed by atoms with Crippen LogP contribution < -0.4 is 5.32 Å². The molecule has 1 saturated heterocycles. The van der Waals surface area contributed by atoms with E-state index in [1.165, 1.54) is 11.1 Å². The monoisotopic (exact) mass is 463 g/mol. The van der Waals surface area contributed by atoms with Gasteiger partial charge in [-0.2, -0.15) is 0 Å². The van der Waals surface area contributed by atoms with Crippen molar-refractivity contribution in [3.05, 3.63) is 64.2 Å². The number of hydrogen-bond acceptors (Lipinski definition) is 6. The van der Waals surface area contributed by atoms with E-state index in [9.17, 15) is 15.0 Å². The number of aliphatic hydroxyl groups is 2. The minimum absolute atomic E-state index is 0.00544. The van der Waals surface area contributed by atoms with Crippen molar-refractivity contribution in [3.63, 3.8) is 0 Å². The normalized spacial score (nSPS) is 27.4. The van der Waals surface area contributed by atoms with Gasteiger partial charge >= 0.3 is 0 Å². The number of benzene rings is 2. The summed E-state index contributed by atoms with van der Waals surface area (Å²) >= 11 is 0. The van der Waals surface area contributed by atoms with E-state index < -0.39 is 18.0 Å². The van der Waals surface area contributed by atoms with Crippen LogP contribution in [0.1, 0.15) is 65.4 Å². The van der Waals surface area contributed by atoms with Gasteiger partial charge < -0.3 is 20.3 Å². The lowest BCUT2D eigenvalue weighted by Crippen LogP contribution is -2.77. The molecule has 6 rings (SSSR count). The van der Waals surface area contributed by atoms with Crippen LogP contribution >= 0.6 is 0 Å². The Morgan fingerprint density at radius 1 is 1.09 bits per heavy atom. The summed E-state index contributed by atoms with van der Waals surface area (Å²) < 4.78 is 5.49. The van der Waals surface area contributed by atoms with Crippen molar-refractivity contribution in [1.82, 2.24) is 9.80 Å². The van der Waals surface area contributed by atoms with E-state index in [0.29, 0.717) is 29.9 Å². The molecule has 7 heteroatoms. The standard InChI is InChI=1S/C27H33N3O4/c1-16-8-22(17(2)31)24-23(9-16)25(33)30(21-10-26(11-21)14-34-15-26)27(28-24,18(3)32)29-12-19-6-4-5-7-20(19)13-29/h4-9,17-18,21,28,31-32H,10-15H2,1-3H3. The maximum absolute atomic E-state index is 14.3. The average Bonchev–Trinajstić information content (AvgIpc) is 3.17. The van der Waals surface area contributed by atoms with E-state index >= 15 is 0 Å². The average molecular weight is 464 g/mol. The first-order chi connectivity index (χ1) is 16.2. The van der Waals surface area contributed by atoms with Gasteiger partial charge in [0, 0.05) is 30.1 Å². The summed E-state index contributed by atoms with van der Waals surface area (Å²) in [4.78, 5) is 18.4. The van der Waals surface area contributed by atoms with Crippen LogP contribution in [0, 0.1) is 12.3 Å². The van der Waals surface area contributed by atoms with Crippen LogP contribution in [0.25, 0.3) is 0 Å². The molecular weight excluding hydrogens is 430 g/mol. The highest BCUT2D eigenvalue weighted by Crippen LogP contribution is 2.53. The third-order valence-corrected chi connectivity index (χ3v) is 8.31. The minimum atomic E-state index is -1.13. The molecule has 2 aromatic carbocycles. The number of hydrogen-bond donors (Lipinski definition) is 3. The molecule has 0 bridgehead atoms. The largest absolute Gasteiger partial charge is 0.389 e. The van der Waals surface area contributed by atoms with E-state index in [4.69, 9.17) is 4.74 Å². The number of nitrogens with zero attached hydrogens (tertiary/aromatic N) is 2. The second-order valence-electron chi connectivity index (χ2n) is 10.8. The molecule has 2 fully saturated rings. The van der Waals surface area contributed by atoms with Crippen LogP contribution in [0.15, 0.2) is 36.4 Å². The van der Waals surface area contributed by atoms with Gasteiger partial charge in [0.2, 0.25) is 0 Å². The fourth-order valence-electron chi connectivity index (χ4n) is 6.55. The van der Waals surface area contributed by atoms with Gasteiger partial charge in [-0.05, 0) is 56.4 Å². The number of rotatable bonds is 4. The van der Waals surface area contributed by atoms with Crippen LogP contribution in [0.2, 0.25) is 0 Å². The third-order valence-electron chi connectivity index (χ3n) is 8.31. The van der Waals surface area contributed by atoms with E-state index in [1.807, 2.05) is 36.1 Å². The number of amides is 1. The Morgan fingerprint density at radius 3 is 2.26 bits per heavy atom. The topological polar surface area (TPSA) is 85.3 Å². The fourth-order valence-corrected chi connectivity index (χ4v) is 6.55. The van der Waals surface area contributed by atoms with Crippen LogP contribution in [0.4, 0.5) is 5.69 Å². The second kappa shape index (κ2) is 7.52. The van der Waals surface area contributed by atoms with Gasteiger partial charge in [0.25, 0.3) is 5.91 Å². The van der Waals surface area contributed by atoms with Crippen molar-refractivity contribution < 1.29 is 19.7 Å². The molecule has 3 atom stereocenters. The van der Waals surface area contributed by atoms with Gasteiger partial charge in [0.15, 0.2) is 5.79 Å². The molecule has 3 heterocycles. The number of fused-ring (bicyclic) bond motifs is 2. The zero-order chi connectivity index (χ0) is 23.8. The van der Waals surface area contributed by atoms with Gasteiger partial charge in [-0.25, -0.2) is 0 Å². The highest BCUT2D eigenvalue weighted by Gasteiger charge is 2.61. The Balaban J connectivity index is 1.50. The Kier molecular flexibility index (Phi) is 4.88. The van der Waals surface area contributed by atoms with E-state index in [1.54, 1.807) is 13.8 Å². The highest BCUT2D eigenvalue weighted by atomic mass is 16.5. The molecule has 0 radical (unpaired) electrons. The van der Waals surface area contributed by atoms with Crippen LogP contribution in [-0.2, 0) is 17.8 Å². The molecule has 0 aromatic heterocycles. The maximum atomic E-state index is 14.3. The minimum Gasteiger partial charge on any atom is -0.389 e. The zero-order valence-corrected chi connectivity index (χ0v) is 20.0. The van der Waals surface area contributed by atoms with Crippen molar-refractivity contribution in [2.45, 2.75) is 70.7 Å². The first-order valence-electron chi connectivity index (χ1n) is 12.3. The molecule has 4 aliphatic rings. The third kappa shape index (κ3) is 3.00. The van der Waals surface area contributed by atoms with Gasteiger partial charge in [0.1, 0.15) is 6.10 Å². The summed E-state index contributed by atoms with van der Waals surface area (Å²) in [6.07, 6.45) is 0.124. The van der Waals surface area contributed by atoms with Gasteiger partial charge in [0.05, 0.1) is 30.6 Å². The Morgan fingerprint density at radius 2 is 1.74 bits per heavy atom. The summed E-state index contributed by atoms with van der Waals surface area (Å²) in [6.45, 7) is 8.18. The number of carbonyl (C=O) groups excluding carboxylic acids is 1. The lowest BCUT2D eigenvalue weighted by Gasteiger charge is -2.63. The van der Waals surface area contributed by atoms with Crippen molar-refractivity contribution in [2.75, 3.05) is 18.5 Å². The molecule has 180 valence electrons. The number of aliphatic hydroxyl groups excluding tert-OH is 2. The van der Waals surface area contributed by atoms with Crippen molar-refractivity contribution >= 4 is 11.6 Å². The molecular formula is C27H33N3O4. The second-order valence-corrected chi connectivity index (χ2v) is 10.8. The van der Waals surface area contributed by atoms with Crippen molar-refractivity contribution in [1.29, 1.82) is 0 Å². The molecule has 2 aromatic rings. The van der Waals surface area contributed by atoms with Gasteiger partial charge in [-0.3, -0.25) is 14.6 Å². The number of aryl methyl sites for hydroxylation is 1. The number of nitrogens with one attached hydrogen (secondary N) is 1. The molecule has 7 nitrogen and oxygen atoms in total. The molecule has 1 spiro atoms. The summed E-state index contributed by atoms with van der Waals surface area (Å²) in [5.74, 6) is -1.21. The van der Waals surface area contributed by atoms with E-state index in [-0.39, 0.29) is 17.4 Å². The quantitative estimate of drug-likeness (QED) is 0.646. The molecule has 34 heavy (non-hydrogen) atoms. The molecule has 3 unspecified atom stereocenters. The SMILES string of the molecule is Cc1cc2c(c(C(C)O)c1)NC(C(C)O)(N1Cc3ccccc3C1)N(C1CC3(COC3)C1)C2=O. The summed E-state index contributed by atoms with van der Waals surface area (Å²) in [7, 11) is 0. The predicted octanol–water partition coefficient (Wildman–Crippen LogP) is 3.15. The number of anilines is 1. The van der Waals surface area contributed by atoms with Crippen LogP contribution in [0.5, 0.6) is 0 Å². The Bertz CT molecular complexity index is 1130. The summed E-state index contributed by atoms with van der Waals surface area (Å²) in [5, 5.41) is 25.7.